The van der Waals surface area contributed by atoms with E-state index in [1.165, 1.54) is 0 Å². The van der Waals surface area contributed by atoms with Gasteiger partial charge in [0, 0.05) is 0 Å². The van der Waals surface area contributed by atoms with Crippen LogP contribution in [0.1, 0.15) is 0 Å². The van der Waals surface area contributed by atoms with E-state index in [1.54, 1.807) is 4.74 Å². The topological polar surface area (TPSA) is 29.5 Å². The first-order valence-electron chi connectivity index (χ1n) is 4.00. The van der Waals surface area contributed by atoms with Crippen LogP contribution in [-0.2, 0) is 4.74 Å². The highest BCUT2D eigenvalue weighted by atomic mass is 19.4. The Morgan fingerprint density at radius 1 is 0.700 bits per heavy atom. The standard InChI is InChI=1S/C6H2F12O2/c7-1(8)2(9,4(11,12)13)20-6(17,18)3(10,19)5(14,15)16/h1,19H. The first-order valence-corrected chi connectivity index (χ1v) is 4.00. The molecule has 0 aromatic heterocycles. The van der Waals surface area contributed by atoms with E-state index >= 15 is 0 Å². The Labute approximate surface area is 100 Å². The number of rotatable bonds is 4. The van der Waals surface area contributed by atoms with Crippen molar-refractivity contribution in [1.29, 1.82) is 0 Å². The van der Waals surface area contributed by atoms with Gasteiger partial charge in [0.05, 0.1) is 0 Å². The number of alkyl halides is 12. The van der Waals surface area contributed by atoms with E-state index in [-0.39, 0.29) is 0 Å². The van der Waals surface area contributed by atoms with Gasteiger partial charge in [-0.05, 0) is 0 Å². The Kier molecular flexibility index (Phi) is 4.60. The molecule has 0 amide bonds. The van der Waals surface area contributed by atoms with Crippen LogP contribution >= 0.6 is 0 Å². The van der Waals surface area contributed by atoms with Crippen molar-refractivity contribution in [2.24, 2.45) is 0 Å². The molecule has 0 aromatic carbocycles. The summed E-state index contributed by atoms with van der Waals surface area (Å²) < 4.78 is 145. The highest BCUT2D eigenvalue weighted by Gasteiger charge is 2.78. The van der Waals surface area contributed by atoms with Crippen molar-refractivity contribution in [3.05, 3.63) is 0 Å². The summed E-state index contributed by atoms with van der Waals surface area (Å²) in [5.74, 6) is -13.5. The lowest BCUT2D eigenvalue weighted by atomic mass is 10.2. The third-order valence-corrected chi connectivity index (χ3v) is 1.71. The summed E-state index contributed by atoms with van der Waals surface area (Å²) in [6.07, 6.45) is -26.3. The van der Waals surface area contributed by atoms with Gasteiger partial charge in [0.25, 0.3) is 0 Å². The third-order valence-electron chi connectivity index (χ3n) is 1.71. The summed E-state index contributed by atoms with van der Waals surface area (Å²) >= 11 is 0. The molecule has 0 aliphatic heterocycles. The van der Waals surface area contributed by atoms with Gasteiger partial charge in [-0.1, -0.05) is 0 Å². The summed E-state index contributed by atoms with van der Waals surface area (Å²) in [4.78, 5) is 0. The largest absolute Gasteiger partial charge is 0.457 e. The molecule has 2 atom stereocenters. The molecule has 0 saturated heterocycles. The summed E-state index contributed by atoms with van der Waals surface area (Å²) in [7, 11) is 0. The van der Waals surface area contributed by atoms with E-state index in [0.29, 0.717) is 0 Å². The van der Waals surface area contributed by atoms with Gasteiger partial charge in [0.2, 0.25) is 0 Å². The van der Waals surface area contributed by atoms with Crippen LogP contribution in [0.4, 0.5) is 52.7 Å². The number of hydrogen-bond donors (Lipinski definition) is 1. The summed E-state index contributed by atoms with van der Waals surface area (Å²) in [6, 6.07) is 0. The van der Waals surface area contributed by atoms with E-state index in [1.807, 2.05) is 0 Å². The summed E-state index contributed by atoms with van der Waals surface area (Å²) in [6.45, 7) is 0. The third kappa shape index (κ3) is 3.05. The molecule has 0 bridgehead atoms. The molecule has 0 fully saturated rings. The summed E-state index contributed by atoms with van der Waals surface area (Å²) in [5, 5.41) is 7.74. The van der Waals surface area contributed by atoms with E-state index in [4.69, 9.17) is 5.11 Å². The molecule has 0 radical (unpaired) electrons. The molecular formula is C6H2F12O2. The van der Waals surface area contributed by atoms with Crippen molar-refractivity contribution in [2.45, 2.75) is 36.6 Å². The monoisotopic (exact) mass is 334 g/mol. The molecule has 20 heavy (non-hydrogen) atoms. The Bertz CT molecular complexity index is 343. The van der Waals surface area contributed by atoms with E-state index in [0.717, 1.165) is 0 Å². The molecule has 2 nitrogen and oxygen atoms in total. The lowest BCUT2D eigenvalue weighted by Crippen LogP contribution is -2.63. The van der Waals surface area contributed by atoms with Crippen LogP contribution < -0.4 is 0 Å². The molecule has 2 unspecified atom stereocenters. The van der Waals surface area contributed by atoms with Crippen molar-refractivity contribution >= 4 is 0 Å². The zero-order chi connectivity index (χ0) is 16.8. The maximum Gasteiger partial charge on any atom is 0.457 e. The fourth-order valence-electron chi connectivity index (χ4n) is 0.645. The first-order chi connectivity index (χ1) is 8.40. The molecule has 0 heterocycles. The SMILES string of the molecule is OC(F)(C(F)(F)F)C(F)(F)OC(F)(C(F)F)C(F)(F)F. The van der Waals surface area contributed by atoms with Gasteiger partial charge in [-0.3, -0.25) is 4.74 Å². The van der Waals surface area contributed by atoms with Crippen molar-refractivity contribution in [2.75, 3.05) is 0 Å². The van der Waals surface area contributed by atoms with Gasteiger partial charge in [-0.2, -0.15) is 43.9 Å². The molecule has 0 spiro atoms. The molecule has 0 rings (SSSR count). The lowest BCUT2D eigenvalue weighted by Gasteiger charge is -2.35. The lowest BCUT2D eigenvalue weighted by molar-refractivity contribution is -0.508. The second-order valence-electron chi connectivity index (χ2n) is 3.18. The predicted octanol–water partition coefficient (Wildman–Crippen LogP) is 3.31. The number of aliphatic hydroxyl groups is 1. The highest BCUT2D eigenvalue weighted by molar-refractivity contribution is 4.89. The predicted molar refractivity (Wildman–Crippen MR) is 34.0 cm³/mol. The second-order valence-corrected chi connectivity index (χ2v) is 3.18. The number of ether oxygens (including phenoxy) is 1. The minimum atomic E-state index is -7.01. The maximum atomic E-state index is 12.6. The first kappa shape index (κ1) is 19.1. The number of hydrogen-bond acceptors (Lipinski definition) is 2. The molecular weight excluding hydrogens is 332 g/mol. The molecule has 122 valence electrons. The Balaban J connectivity index is 5.67. The normalized spacial score (nSPS) is 20.7. The van der Waals surface area contributed by atoms with Gasteiger partial charge in [-0.15, -0.1) is 0 Å². The van der Waals surface area contributed by atoms with Crippen LogP contribution in [0.5, 0.6) is 0 Å². The Morgan fingerprint density at radius 2 is 1.05 bits per heavy atom. The van der Waals surface area contributed by atoms with Crippen LogP contribution in [-0.4, -0.2) is 41.7 Å². The average molecular weight is 334 g/mol. The van der Waals surface area contributed by atoms with E-state index in [9.17, 15) is 52.7 Å². The van der Waals surface area contributed by atoms with Crippen molar-refractivity contribution in [3.63, 3.8) is 0 Å². The van der Waals surface area contributed by atoms with Crippen molar-refractivity contribution in [3.8, 4) is 0 Å². The number of halogens is 12. The van der Waals surface area contributed by atoms with Gasteiger partial charge >= 0.3 is 36.6 Å². The van der Waals surface area contributed by atoms with Crippen LogP contribution in [0, 0.1) is 0 Å². The average Bonchev–Trinajstić information content (AvgIpc) is 2.12. The van der Waals surface area contributed by atoms with Gasteiger partial charge < -0.3 is 5.11 Å². The van der Waals surface area contributed by atoms with E-state index < -0.39 is 36.6 Å². The van der Waals surface area contributed by atoms with Crippen molar-refractivity contribution in [1.82, 2.24) is 0 Å². The molecule has 1 N–H and O–H groups in total. The smallest absolute Gasteiger partial charge is 0.348 e. The van der Waals surface area contributed by atoms with Gasteiger partial charge in [0.15, 0.2) is 0 Å². The van der Waals surface area contributed by atoms with Gasteiger partial charge in [0.1, 0.15) is 0 Å². The zero-order valence-electron chi connectivity index (χ0n) is 8.47. The maximum absolute atomic E-state index is 12.6. The molecule has 0 aliphatic rings. The second kappa shape index (κ2) is 4.82. The molecule has 0 aliphatic carbocycles. The molecule has 0 aromatic rings. The van der Waals surface area contributed by atoms with Crippen molar-refractivity contribution < 1.29 is 62.5 Å². The fraction of sp³-hybridized carbons (Fsp3) is 1.00. The zero-order valence-corrected chi connectivity index (χ0v) is 8.47. The highest BCUT2D eigenvalue weighted by Crippen LogP contribution is 2.50. The van der Waals surface area contributed by atoms with Crippen LogP contribution in [0.3, 0.4) is 0 Å². The minimum Gasteiger partial charge on any atom is -0.348 e. The Hall–Kier alpha value is -0.920. The van der Waals surface area contributed by atoms with Crippen LogP contribution in [0.2, 0.25) is 0 Å². The molecule has 14 heteroatoms. The van der Waals surface area contributed by atoms with Crippen LogP contribution in [0.25, 0.3) is 0 Å². The molecule has 0 saturated carbocycles. The quantitative estimate of drug-likeness (QED) is 0.800. The van der Waals surface area contributed by atoms with Crippen LogP contribution in [0.15, 0.2) is 0 Å². The van der Waals surface area contributed by atoms with Gasteiger partial charge in [-0.25, -0.2) is 8.78 Å². The minimum absolute atomic E-state index is 1.62. The fourth-order valence-corrected chi connectivity index (χ4v) is 0.645. The Morgan fingerprint density at radius 3 is 1.25 bits per heavy atom. The summed E-state index contributed by atoms with van der Waals surface area (Å²) in [5.41, 5.74) is 0. The van der Waals surface area contributed by atoms with E-state index in [2.05, 4.69) is 0 Å².